The summed E-state index contributed by atoms with van der Waals surface area (Å²) >= 11 is 0. The van der Waals surface area contributed by atoms with Gasteiger partial charge in [-0.3, -0.25) is 0 Å². The number of hydrogen-bond donors (Lipinski definition) is 0. The first-order chi connectivity index (χ1) is 7.34. The van der Waals surface area contributed by atoms with Crippen LogP contribution in [0, 0.1) is 0 Å². The van der Waals surface area contributed by atoms with Crippen molar-refractivity contribution in [2.75, 3.05) is 13.7 Å². The highest BCUT2D eigenvalue weighted by Crippen LogP contribution is 2.47. The molecular formula is C13H16O2. The highest BCUT2D eigenvalue weighted by Gasteiger charge is 2.43. The summed E-state index contributed by atoms with van der Waals surface area (Å²) in [5.74, 6) is 0.950. The average Bonchev–Trinajstić information content (AvgIpc) is 2.25. The first-order valence-corrected chi connectivity index (χ1v) is 5.65. The van der Waals surface area contributed by atoms with Crippen molar-refractivity contribution in [3.8, 4) is 5.75 Å². The van der Waals surface area contributed by atoms with Crippen LogP contribution in [0.2, 0.25) is 0 Å². The van der Waals surface area contributed by atoms with Gasteiger partial charge in [0.15, 0.2) is 0 Å². The van der Waals surface area contributed by atoms with Gasteiger partial charge in [-0.05, 0) is 42.5 Å². The molecule has 1 aromatic carbocycles. The second-order valence-corrected chi connectivity index (χ2v) is 4.47. The van der Waals surface area contributed by atoms with Gasteiger partial charge in [0.2, 0.25) is 0 Å². The van der Waals surface area contributed by atoms with Crippen molar-refractivity contribution in [2.45, 2.75) is 31.3 Å². The minimum atomic E-state index is 0.0438. The van der Waals surface area contributed by atoms with Gasteiger partial charge in [-0.15, -0.1) is 0 Å². The minimum Gasteiger partial charge on any atom is -0.497 e. The quantitative estimate of drug-likeness (QED) is 0.700. The third kappa shape index (κ3) is 1.28. The van der Waals surface area contributed by atoms with Gasteiger partial charge in [0.05, 0.1) is 19.3 Å². The van der Waals surface area contributed by atoms with Gasteiger partial charge in [0.25, 0.3) is 0 Å². The number of benzene rings is 1. The van der Waals surface area contributed by atoms with Gasteiger partial charge >= 0.3 is 0 Å². The van der Waals surface area contributed by atoms with Crippen molar-refractivity contribution in [2.24, 2.45) is 0 Å². The molecular weight excluding hydrogens is 188 g/mol. The van der Waals surface area contributed by atoms with Crippen LogP contribution in [-0.2, 0) is 16.8 Å². The third-order valence-corrected chi connectivity index (χ3v) is 3.72. The summed E-state index contributed by atoms with van der Waals surface area (Å²) in [6.45, 7) is 0.913. The molecule has 1 aromatic rings. The van der Waals surface area contributed by atoms with E-state index in [-0.39, 0.29) is 5.60 Å². The molecule has 1 unspecified atom stereocenters. The Labute approximate surface area is 90.2 Å². The zero-order valence-electron chi connectivity index (χ0n) is 9.08. The monoisotopic (exact) mass is 204 g/mol. The number of ether oxygens (including phenoxy) is 2. The predicted molar refractivity (Wildman–Crippen MR) is 58.2 cm³/mol. The lowest BCUT2D eigenvalue weighted by Gasteiger charge is -2.46. The van der Waals surface area contributed by atoms with E-state index in [4.69, 9.17) is 9.47 Å². The Hall–Kier alpha value is -1.02. The molecule has 1 spiro atoms. The maximum absolute atomic E-state index is 5.83. The zero-order valence-corrected chi connectivity index (χ0v) is 9.08. The van der Waals surface area contributed by atoms with Crippen molar-refractivity contribution in [3.63, 3.8) is 0 Å². The number of rotatable bonds is 1. The van der Waals surface area contributed by atoms with E-state index in [0.29, 0.717) is 0 Å². The van der Waals surface area contributed by atoms with Crippen molar-refractivity contribution in [1.82, 2.24) is 0 Å². The van der Waals surface area contributed by atoms with E-state index in [2.05, 4.69) is 18.2 Å². The zero-order chi connectivity index (χ0) is 10.3. The van der Waals surface area contributed by atoms with Crippen LogP contribution in [0.5, 0.6) is 5.75 Å². The van der Waals surface area contributed by atoms with Crippen molar-refractivity contribution in [1.29, 1.82) is 0 Å². The molecule has 1 aliphatic heterocycles. The Bertz CT molecular complexity index is 380. The van der Waals surface area contributed by atoms with E-state index in [9.17, 15) is 0 Å². The number of aryl methyl sites for hydroxylation is 1. The van der Waals surface area contributed by atoms with Crippen LogP contribution in [0.25, 0.3) is 0 Å². The average molecular weight is 204 g/mol. The summed E-state index contributed by atoms with van der Waals surface area (Å²) in [7, 11) is 1.72. The van der Waals surface area contributed by atoms with E-state index >= 15 is 0 Å². The lowest BCUT2D eigenvalue weighted by Crippen LogP contribution is -2.43. The molecule has 0 radical (unpaired) electrons. The molecule has 2 aliphatic rings. The van der Waals surface area contributed by atoms with Gasteiger partial charge in [0.1, 0.15) is 5.75 Å². The second-order valence-electron chi connectivity index (χ2n) is 4.47. The Morgan fingerprint density at radius 1 is 1.33 bits per heavy atom. The van der Waals surface area contributed by atoms with E-state index in [0.717, 1.165) is 12.4 Å². The highest BCUT2D eigenvalue weighted by molar-refractivity contribution is 5.42. The van der Waals surface area contributed by atoms with Crippen LogP contribution < -0.4 is 4.74 Å². The number of hydrogen-bond acceptors (Lipinski definition) is 2. The molecule has 0 aromatic heterocycles. The molecule has 0 saturated carbocycles. The second kappa shape index (κ2) is 3.24. The Kier molecular flexibility index (Phi) is 1.99. The van der Waals surface area contributed by atoms with Gasteiger partial charge in [0, 0.05) is 6.42 Å². The molecule has 80 valence electrons. The van der Waals surface area contributed by atoms with Crippen LogP contribution in [0.3, 0.4) is 0 Å². The molecule has 2 heteroatoms. The summed E-state index contributed by atoms with van der Waals surface area (Å²) in [5, 5.41) is 0. The van der Waals surface area contributed by atoms with Crippen LogP contribution in [0.1, 0.15) is 30.4 Å². The third-order valence-electron chi connectivity index (χ3n) is 3.72. The van der Waals surface area contributed by atoms with Crippen molar-refractivity contribution in [3.05, 3.63) is 29.3 Å². The molecule has 1 fully saturated rings. The van der Waals surface area contributed by atoms with Gasteiger partial charge < -0.3 is 9.47 Å². The maximum atomic E-state index is 5.83. The van der Waals surface area contributed by atoms with E-state index < -0.39 is 0 Å². The fourth-order valence-corrected chi connectivity index (χ4v) is 2.78. The molecule has 1 atom stereocenters. The fraction of sp³-hybridized carbons (Fsp3) is 0.538. The lowest BCUT2D eigenvalue weighted by atomic mass is 9.74. The summed E-state index contributed by atoms with van der Waals surface area (Å²) in [5.41, 5.74) is 2.86. The van der Waals surface area contributed by atoms with E-state index in [1.54, 1.807) is 7.11 Å². The molecule has 2 nitrogen and oxygen atoms in total. The number of fused-ring (bicyclic) bond motifs is 2. The standard InChI is InChI=1S/C13H16O2/c1-14-11-5-4-10-3-2-6-13(7-8-15-13)12(10)9-11/h4-5,9H,2-3,6-8H2,1H3. The van der Waals surface area contributed by atoms with Crippen molar-refractivity contribution < 1.29 is 9.47 Å². The van der Waals surface area contributed by atoms with Crippen molar-refractivity contribution >= 4 is 0 Å². The van der Waals surface area contributed by atoms with Gasteiger partial charge in [-0.2, -0.15) is 0 Å². The molecule has 1 heterocycles. The molecule has 0 amide bonds. The minimum absolute atomic E-state index is 0.0438. The van der Waals surface area contributed by atoms with Crippen LogP contribution in [0.4, 0.5) is 0 Å². The number of methoxy groups -OCH3 is 1. The molecule has 0 bridgehead atoms. The van der Waals surface area contributed by atoms with Gasteiger partial charge in [-0.25, -0.2) is 0 Å². The normalized spacial score (nSPS) is 28.3. The Balaban J connectivity index is 2.08. The predicted octanol–water partition coefficient (Wildman–Crippen LogP) is 2.65. The molecule has 3 rings (SSSR count). The Morgan fingerprint density at radius 3 is 2.87 bits per heavy atom. The molecule has 0 N–H and O–H groups in total. The molecule has 1 saturated heterocycles. The van der Waals surface area contributed by atoms with Crippen LogP contribution in [-0.4, -0.2) is 13.7 Å². The van der Waals surface area contributed by atoms with E-state index in [1.165, 1.54) is 36.8 Å². The summed E-state index contributed by atoms with van der Waals surface area (Å²) in [6, 6.07) is 6.40. The topological polar surface area (TPSA) is 18.5 Å². The van der Waals surface area contributed by atoms with Crippen LogP contribution in [0.15, 0.2) is 18.2 Å². The summed E-state index contributed by atoms with van der Waals surface area (Å²) in [4.78, 5) is 0. The lowest BCUT2D eigenvalue weighted by molar-refractivity contribution is -0.163. The smallest absolute Gasteiger partial charge is 0.119 e. The van der Waals surface area contributed by atoms with E-state index in [1.807, 2.05) is 0 Å². The first kappa shape index (κ1) is 9.22. The summed E-state index contributed by atoms with van der Waals surface area (Å²) < 4.78 is 11.1. The van der Waals surface area contributed by atoms with Gasteiger partial charge in [-0.1, -0.05) is 6.07 Å². The highest BCUT2D eigenvalue weighted by atomic mass is 16.5. The maximum Gasteiger partial charge on any atom is 0.119 e. The SMILES string of the molecule is COc1ccc2c(c1)C1(CCC2)CCO1. The molecule has 1 aliphatic carbocycles. The van der Waals surface area contributed by atoms with Crippen LogP contribution >= 0.6 is 0 Å². The largest absolute Gasteiger partial charge is 0.497 e. The Morgan fingerprint density at radius 2 is 2.20 bits per heavy atom. The molecule has 15 heavy (non-hydrogen) atoms. The fourth-order valence-electron chi connectivity index (χ4n) is 2.78. The summed E-state index contributed by atoms with van der Waals surface area (Å²) in [6.07, 6.45) is 4.78. The first-order valence-electron chi connectivity index (χ1n) is 5.65.